The van der Waals surface area contributed by atoms with Gasteiger partial charge in [0.05, 0.1) is 30.7 Å². The van der Waals surface area contributed by atoms with Gasteiger partial charge >= 0.3 is 0 Å². The summed E-state index contributed by atoms with van der Waals surface area (Å²) in [4.78, 5) is 21.2. The summed E-state index contributed by atoms with van der Waals surface area (Å²) in [6, 6.07) is 2.65. The Kier molecular flexibility index (Phi) is 2.77. The third kappa shape index (κ3) is 3.37. The maximum Gasteiger partial charge on any atom is 0.251 e. The van der Waals surface area contributed by atoms with Crippen LogP contribution >= 0.6 is 0 Å². The zero-order valence-corrected chi connectivity index (χ0v) is 15.2. The lowest BCUT2D eigenvalue weighted by Crippen LogP contribution is -2.51. The molecule has 1 atom stereocenters. The van der Waals surface area contributed by atoms with Crippen molar-refractivity contribution in [1.29, 1.82) is 0 Å². The number of methoxy groups -OCH3 is 2. The third-order valence-corrected chi connectivity index (χ3v) is 4.34. The highest BCUT2D eigenvalue weighted by atomic mass is 16.5. The van der Waals surface area contributed by atoms with E-state index in [9.17, 15) is 4.79 Å². The lowest BCUT2D eigenvalue weighted by atomic mass is 10.2. The smallest absolute Gasteiger partial charge is 0.251 e. The largest absolute Gasteiger partial charge is 0.493 e. The summed E-state index contributed by atoms with van der Waals surface area (Å²) < 4.78 is 99.9. The van der Waals surface area contributed by atoms with Crippen LogP contribution in [-0.4, -0.2) is 73.7 Å². The highest BCUT2D eigenvalue weighted by Gasteiger charge is 2.31. The van der Waals surface area contributed by atoms with Gasteiger partial charge in [-0.05, 0) is 18.9 Å². The topological polar surface area (TPSA) is 103 Å². The standard InChI is InChI=1S/C19H25N5O4/c1-26-15-10-12-13(11-16(15)27-2)21-19(22-17(12)20)24-7-5-23(6-8-24)18(25)14-4-3-9-28-14/h10-11,14H,3-9H2,1-2H3,(H2,20,21,22)/i5D2,6D2,7D2,8D2/hD2. The zero-order valence-electron chi connectivity index (χ0n) is 25.2. The average Bonchev–Trinajstić information content (AvgIpc) is 3.36. The summed E-state index contributed by atoms with van der Waals surface area (Å²) in [6.07, 6.45) is -0.673. The number of carbonyl (C=O) groups is 1. The van der Waals surface area contributed by atoms with Gasteiger partial charge in [-0.15, -0.1) is 0 Å². The normalized spacial score (nSPS) is 32.1. The number of anilines is 2. The molecule has 0 aliphatic carbocycles. The average molecular weight is 398 g/mol. The number of ether oxygens (including phenoxy) is 3. The number of nitrogen functional groups attached to an aromatic ring is 1. The molecule has 150 valence electrons. The first-order valence-electron chi connectivity index (χ1n) is 13.4. The van der Waals surface area contributed by atoms with Gasteiger partial charge in [0.1, 0.15) is 11.9 Å². The number of nitrogens with two attached hydrogens (primary N) is 1. The highest BCUT2D eigenvalue weighted by molar-refractivity contribution is 5.91. The zero-order chi connectivity index (χ0) is 28.4. The van der Waals surface area contributed by atoms with Gasteiger partial charge < -0.3 is 29.7 Å². The van der Waals surface area contributed by atoms with Crippen molar-refractivity contribution >= 4 is 28.6 Å². The number of aromatic nitrogens is 2. The van der Waals surface area contributed by atoms with Crippen molar-refractivity contribution in [3.8, 4) is 11.5 Å². The molecule has 2 aliphatic heterocycles. The van der Waals surface area contributed by atoms with Gasteiger partial charge in [-0.1, -0.05) is 0 Å². The second-order valence-corrected chi connectivity index (χ2v) is 6.03. The molecule has 9 heteroatoms. The number of piperazine rings is 1. The maximum absolute atomic E-state index is 13.2. The molecule has 0 radical (unpaired) electrons. The van der Waals surface area contributed by atoms with Gasteiger partial charge in [0.15, 0.2) is 14.3 Å². The van der Waals surface area contributed by atoms with Crippen LogP contribution < -0.4 is 20.1 Å². The first-order valence-corrected chi connectivity index (χ1v) is 8.51. The van der Waals surface area contributed by atoms with Gasteiger partial charge in [-0.3, -0.25) is 4.79 Å². The number of carbonyl (C=O) groups excluding carboxylic acids is 1. The van der Waals surface area contributed by atoms with E-state index >= 15 is 0 Å². The predicted molar refractivity (Wildman–Crippen MR) is 105 cm³/mol. The second-order valence-electron chi connectivity index (χ2n) is 6.03. The molecule has 4 rings (SSSR count). The van der Waals surface area contributed by atoms with Crippen molar-refractivity contribution in [3.05, 3.63) is 12.1 Å². The van der Waals surface area contributed by atoms with Crippen LogP contribution in [0.4, 0.5) is 11.8 Å². The van der Waals surface area contributed by atoms with E-state index in [1.807, 2.05) is 0 Å². The highest BCUT2D eigenvalue weighted by Crippen LogP contribution is 2.34. The molecule has 2 N–H and O–H groups in total. The van der Waals surface area contributed by atoms with Crippen molar-refractivity contribution in [2.45, 2.75) is 18.9 Å². The fourth-order valence-electron chi connectivity index (χ4n) is 2.91. The van der Waals surface area contributed by atoms with Crippen LogP contribution in [0, 0.1) is 0 Å². The maximum atomic E-state index is 13.2. The van der Waals surface area contributed by atoms with Crippen molar-refractivity contribution < 1.29 is 32.8 Å². The summed E-state index contributed by atoms with van der Waals surface area (Å²) in [5.41, 5.74) is 0.00293. The number of fused-ring (bicyclic) bond motifs is 1. The Morgan fingerprint density at radius 3 is 2.64 bits per heavy atom. The lowest BCUT2D eigenvalue weighted by Gasteiger charge is -2.35. The number of amides is 1. The van der Waals surface area contributed by atoms with Crippen LogP contribution in [-0.2, 0) is 9.53 Å². The molecule has 0 saturated carbocycles. The van der Waals surface area contributed by atoms with Gasteiger partial charge in [0.2, 0.25) is 5.95 Å². The number of nitrogens with zero attached hydrogens (tertiary/aromatic N) is 4. The van der Waals surface area contributed by atoms with Crippen molar-refractivity contribution in [1.82, 2.24) is 14.9 Å². The SMILES string of the molecule is [2H]N([2H])c1nc(N2C([2H])([2H])C([2H])([2H])N(C(=O)C3CCCO3)C([2H])([2H])C2([2H])[2H])nc2cc(OC)c(OC)cc12. The molecular formula is C19H25N5O4. The summed E-state index contributed by atoms with van der Waals surface area (Å²) in [5.74, 6) is -2.21. The van der Waals surface area contributed by atoms with Crippen molar-refractivity contribution in [2.75, 3.05) is 57.4 Å². The molecule has 2 aromatic rings. The molecule has 2 saturated heterocycles. The molecule has 2 fully saturated rings. The van der Waals surface area contributed by atoms with Gasteiger partial charge in [0.25, 0.3) is 5.91 Å². The Labute approximate surface area is 177 Å². The Morgan fingerprint density at radius 1 is 1.25 bits per heavy atom. The summed E-state index contributed by atoms with van der Waals surface area (Å²) in [7, 11) is 2.68. The van der Waals surface area contributed by atoms with Crippen LogP contribution in [0.5, 0.6) is 11.5 Å². The van der Waals surface area contributed by atoms with Gasteiger partial charge in [0, 0.05) is 44.0 Å². The molecule has 2 aliphatic rings. The summed E-state index contributed by atoms with van der Waals surface area (Å²) in [5, 5.41) is 0.0655. The molecule has 3 heterocycles. The lowest BCUT2D eigenvalue weighted by molar-refractivity contribution is -0.141. The molecule has 9 nitrogen and oxygen atoms in total. The third-order valence-electron chi connectivity index (χ3n) is 4.34. The molecule has 0 bridgehead atoms. The summed E-state index contributed by atoms with van der Waals surface area (Å²) >= 11 is 0. The molecule has 1 amide bonds. The van der Waals surface area contributed by atoms with E-state index in [0.29, 0.717) is 6.42 Å². The minimum absolute atomic E-state index is 0.0577. The van der Waals surface area contributed by atoms with E-state index in [0.717, 1.165) is 0 Å². The minimum Gasteiger partial charge on any atom is -0.493 e. The molecule has 1 aromatic carbocycles. The second kappa shape index (κ2) is 7.67. The number of rotatable bonds is 5. The predicted octanol–water partition coefficient (Wildman–Crippen LogP) is 1.06. The Hall–Kier alpha value is -2.81. The van der Waals surface area contributed by atoms with Gasteiger partial charge in [-0.25, -0.2) is 4.98 Å². The van der Waals surface area contributed by atoms with Crippen molar-refractivity contribution in [2.24, 2.45) is 0 Å². The van der Waals surface area contributed by atoms with Crippen LogP contribution in [0.1, 0.15) is 23.8 Å². The van der Waals surface area contributed by atoms with Gasteiger partial charge in [-0.2, -0.15) is 4.98 Å². The van der Waals surface area contributed by atoms with Crippen LogP contribution in [0.25, 0.3) is 10.9 Å². The van der Waals surface area contributed by atoms with E-state index in [4.69, 9.17) is 28.0 Å². The molecular weight excluding hydrogens is 362 g/mol. The fourth-order valence-corrected chi connectivity index (χ4v) is 2.91. The Morgan fingerprint density at radius 2 is 2.00 bits per heavy atom. The van der Waals surface area contributed by atoms with Crippen LogP contribution in [0.15, 0.2) is 12.1 Å². The van der Waals surface area contributed by atoms with E-state index < -0.39 is 49.8 Å². The van der Waals surface area contributed by atoms with Crippen LogP contribution in [0.3, 0.4) is 0 Å². The molecule has 28 heavy (non-hydrogen) atoms. The molecule has 0 spiro atoms. The quantitative estimate of drug-likeness (QED) is 0.799. The fraction of sp³-hybridized carbons (Fsp3) is 0.526. The van der Waals surface area contributed by atoms with Crippen LogP contribution in [0.2, 0.25) is 2.82 Å². The monoisotopic (exact) mass is 397 g/mol. The van der Waals surface area contributed by atoms with E-state index in [1.165, 1.54) is 26.4 Å². The van der Waals surface area contributed by atoms with E-state index in [-0.39, 0.29) is 50.9 Å². The number of hydrogen-bond acceptors (Lipinski definition) is 8. The first-order chi connectivity index (χ1) is 17.5. The Bertz CT molecular complexity index is 1230. The minimum atomic E-state index is -3.46. The van der Waals surface area contributed by atoms with Crippen molar-refractivity contribution in [3.63, 3.8) is 0 Å². The number of hydrogen-bond donors (Lipinski definition) is 1. The molecule has 1 aromatic heterocycles. The van der Waals surface area contributed by atoms with E-state index in [2.05, 4.69) is 9.97 Å². The van der Waals surface area contributed by atoms with E-state index in [1.54, 1.807) is 0 Å². The molecule has 1 unspecified atom stereocenters. The first kappa shape index (κ1) is 10.1. The number of benzene rings is 1. The summed E-state index contributed by atoms with van der Waals surface area (Å²) in [6.45, 7) is -13.6. The Balaban J connectivity index is 1.96.